The summed E-state index contributed by atoms with van der Waals surface area (Å²) in [5.41, 5.74) is 1.63. The topological polar surface area (TPSA) is 26.3 Å². The van der Waals surface area contributed by atoms with Gasteiger partial charge in [0.15, 0.2) is 5.78 Å². The van der Waals surface area contributed by atoms with E-state index in [1.807, 2.05) is 30.3 Å². The van der Waals surface area contributed by atoms with Crippen molar-refractivity contribution in [3.8, 4) is 11.5 Å². The molecule has 1 aliphatic rings. The van der Waals surface area contributed by atoms with E-state index in [0.29, 0.717) is 17.9 Å². The van der Waals surface area contributed by atoms with Crippen LogP contribution in [0.25, 0.3) is 5.57 Å². The second-order valence-electron chi connectivity index (χ2n) is 4.66. The van der Waals surface area contributed by atoms with Crippen LogP contribution in [0.1, 0.15) is 18.4 Å². The van der Waals surface area contributed by atoms with Gasteiger partial charge in [0.25, 0.3) is 0 Å². The Morgan fingerprint density at radius 3 is 2.50 bits per heavy atom. The number of ketones is 1. The molecule has 0 heterocycles. The quantitative estimate of drug-likeness (QED) is 0.826. The molecule has 0 bridgehead atoms. The lowest BCUT2D eigenvalue weighted by atomic mass is 10.0. The third kappa shape index (κ3) is 2.62. The van der Waals surface area contributed by atoms with Gasteiger partial charge in [0.1, 0.15) is 17.3 Å². The molecule has 2 aromatic rings. The highest BCUT2D eigenvalue weighted by Gasteiger charge is 2.16. The Morgan fingerprint density at radius 2 is 1.80 bits per heavy atom. The highest BCUT2D eigenvalue weighted by molar-refractivity contribution is 6.22. The van der Waals surface area contributed by atoms with Crippen LogP contribution in [0, 0.1) is 5.82 Å². The SMILES string of the molecule is O=C1CCC=C1c1cccc(Oc2ccc(F)cc2)c1. The van der Waals surface area contributed by atoms with Crippen LogP contribution in [0.4, 0.5) is 4.39 Å². The molecule has 0 unspecified atom stereocenters. The van der Waals surface area contributed by atoms with Gasteiger partial charge in [-0.15, -0.1) is 0 Å². The Labute approximate surface area is 116 Å². The number of hydrogen-bond acceptors (Lipinski definition) is 2. The minimum absolute atomic E-state index is 0.170. The average molecular weight is 268 g/mol. The van der Waals surface area contributed by atoms with Gasteiger partial charge >= 0.3 is 0 Å². The average Bonchev–Trinajstić information content (AvgIpc) is 2.88. The van der Waals surface area contributed by atoms with Gasteiger partial charge in [0.2, 0.25) is 0 Å². The fraction of sp³-hybridized carbons (Fsp3) is 0.118. The van der Waals surface area contributed by atoms with Crippen LogP contribution < -0.4 is 4.74 Å². The molecule has 20 heavy (non-hydrogen) atoms. The first-order valence-electron chi connectivity index (χ1n) is 6.49. The predicted octanol–water partition coefficient (Wildman–Crippen LogP) is 4.36. The van der Waals surface area contributed by atoms with Crippen LogP contribution in [0.5, 0.6) is 11.5 Å². The van der Waals surface area contributed by atoms with Gasteiger partial charge in [-0.2, -0.15) is 0 Å². The summed E-state index contributed by atoms with van der Waals surface area (Å²) in [6.45, 7) is 0. The van der Waals surface area contributed by atoms with Crippen molar-refractivity contribution in [2.24, 2.45) is 0 Å². The van der Waals surface area contributed by atoms with E-state index in [9.17, 15) is 9.18 Å². The van der Waals surface area contributed by atoms with Gasteiger partial charge in [0, 0.05) is 12.0 Å². The Hall–Kier alpha value is -2.42. The van der Waals surface area contributed by atoms with Crippen molar-refractivity contribution >= 4 is 11.4 Å². The molecular formula is C17H13FO2. The summed E-state index contributed by atoms with van der Waals surface area (Å²) in [4.78, 5) is 11.7. The first-order chi connectivity index (χ1) is 9.72. The third-order valence-corrected chi connectivity index (χ3v) is 3.21. The zero-order chi connectivity index (χ0) is 13.9. The predicted molar refractivity (Wildman–Crippen MR) is 75.1 cm³/mol. The second-order valence-corrected chi connectivity index (χ2v) is 4.66. The Bertz CT molecular complexity index is 672. The highest BCUT2D eigenvalue weighted by Crippen LogP contribution is 2.29. The minimum atomic E-state index is -0.298. The van der Waals surface area contributed by atoms with Crippen molar-refractivity contribution in [2.45, 2.75) is 12.8 Å². The van der Waals surface area contributed by atoms with Crippen molar-refractivity contribution in [3.05, 3.63) is 66.0 Å². The summed E-state index contributed by atoms with van der Waals surface area (Å²) in [5.74, 6) is 1.07. The van der Waals surface area contributed by atoms with E-state index in [-0.39, 0.29) is 11.6 Å². The molecule has 0 amide bonds. The number of hydrogen-bond donors (Lipinski definition) is 0. The Kier molecular flexibility index (Phi) is 3.33. The summed E-state index contributed by atoms with van der Waals surface area (Å²) in [6, 6.07) is 13.2. The van der Waals surface area contributed by atoms with Crippen LogP contribution in [-0.4, -0.2) is 5.78 Å². The maximum Gasteiger partial charge on any atom is 0.163 e. The zero-order valence-corrected chi connectivity index (χ0v) is 10.8. The second kappa shape index (κ2) is 5.29. The lowest BCUT2D eigenvalue weighted by molar-refractivity contribution is -0.113. The van der Waals surface area contributed by atoms with E-state index < -0.39 is 0 Å². The maximum absolute atomic E-state index is 12.8. The molecule has 0 saturated heterocycles. The number of rotatable bonds is 3. The van der Waals surface area contributed by atoms with Gasteiger partial charge < -0.3 is 4.74 Å². The third-order valence-electron chi connectivity index (χ3n) is 3.21. The first kappa shape index (κ1) is 12.6. The van der Waals surface area contributed by atoms with Crippen molar-refractivity contribution in [1.82, 2.24) is 0 Å². The lowest BCUT2D eigenvalue weighted by Crippen LogP contribution is -1.95. The van der Waals surface area contributed by atoms with Crippen LogP contribution in [0.2, 0.25) is 0 Å². The van der Waals surface area contributed by atoms with Crippen LogP contribution in [0.15, 0.2) is 54.6 Å². The molecule has 0 fully saturated rings. The summed E-state index contributed by atoms with van der Waals surface area (Å²) < 4.78 is 18.5. The molecule has 0 spiro atoms. The number of ether oxygens (including phenoxy) is 1. The van der Waals surface area contributed by atoms with E-state index in [1.54, 1.807) is 12.1 Å². The zero-order valence-electron chi connectivity index (χ0n) is 10.8. The number of carbonyl (C=O) groups is 1. The standard InChI is InChI=1S/C17H13FO2/c18-13-7-9-14(10-8-13)20-15-4-1-3-12(11-15)16-5-2-6-17(16)19/h1,3-5,7-11H,2,6H2. The van der Waals surface area contributed by atoms with E-state index in [0.717, 1.165) is 17.6 Å². The molecule has 0 aliphatic heterocycles. The van der Waals surface area contributed by atoms with Crippen LogP contribution in [0.3, 0.4) is 0 Å². The fourth-order valence-electron chi connectivity index (χ4n) is 2.24. The molecule has 0 atom stereocenters. The van der Waals surface area contributed by atoms with Gasteiger partial charge in [-0.05, 0) is 48.4 Å². The van der Waals surface area contributed by atoms with Crippen molar-refractivity contribution in [3.63, 3.8) is 0 Å². The number of carbonyl (C=O) groups excluding carboxylic acids is 1. The molecule has 0 N–H and O–H groups in total. The van der Waals surface area contributed by atoms with E-state index in [2.05, 4.69) is 0 Å². The van der Waals surface area contributed by atoms with E-state index in [1.165, 1.54) is 12.1 Å². The molecule has 2 nitrogen and oxygen atoms in total. The number of allylic oxidation sites excluding steroid dienone is 2. The molecule has 0 saturated carbocycles. The fourth-order valence-corrected chi connectivity index (χ4v) is 2.24. The number of halogens is 1. The Morgan fingerprint density at radius 1 is 1.00 bits per heavy atom. The van der Waals surface area contributed by atoms with Crippen LogP contribution >= 0.6 is 0 Å². The van der Waals surface area contributed by atoms with E-state index in [4.69, 9.17) is 4.74 Å². The highest BCUT2D eigenvalue weighted by atomic mass is 19.1. The van der Waals surface area contributed by atoms with Crippen molar-refractivity contribution < 1.29 is 13.9 Å². The summed E-state index contributed by atoms with van der Waals surface area (Å²) >= 11 is 0. The van der Waals surface area contributed by atoms with Crippen molar-refractivity contribution in [2.75, 3.05) is 0 Å². The van der Waals surface area contributed by atoms with Crippen LogP contribution in [-0.2, 0) is 4.79 Å². The van der Waals surface area contributed by atoms with Gasteiger partial charge in [0.05, 0.1) is 0 Å². The molecular weight excluding hydrogens is 255 g/mol. The number of benzene rings is 2. The Balaban J connectivity index is 1.84. The van der Waals surface area contributed by atoms with Crippen molar-refractivity contribution in [1.29, 1.82) is 0 Å². The summed E-state index contributed by atoms with van der Waals surface area (Å²) in [5, 5.41) is 0. The monoisotopic (exact) mass is 268 g/mol. The smallest absolute Gasteiger partial charge is 0.163 e. The molecule has 3 rings (SSSR count). The molecule has 1 aliphatic carbocycles. The number of Topliss-reactive ketones (excluding diaryl/α,β-unsaturated/α-hetero) is 1. The van der Waals surface area contributed by atoms with Gasteiger partial charge in [-0.1, -0.05) is 18.2 Å². The molecule has 0 radical (unpaired) electrons. The molecule has 0 aromatic heterocycles. The summed E-state index contributed by atoms with van der Waals surface area (Å²) in [7, 11) is 0. The normalized spacial score (nSPS) is 14.2. The molecule has 3 heteroatoms. The largest absolute Gasteiger partial charge is 0.457 e. The molecule has 100 valence electrons. The van der Waals surface area contributed by atoms with Gasteiger partial charge in [-0.3, -0.25) is 4.79 Å². The van der Waals surface area contributed by atoms with E-state index >= 15 is 0 Å². The maximum atomic E-state index is 12.8. The summed E-state index contributed by atoms with van der Waals surface area (Å²) in [6.07, 6.45) is 3.34. The minimum Gasteiger partial charge on any atom is -0.457 e. The lowest BCUT2D eigenvalue weighted by Gasteiger charge is -2.08. The van der Waals surface area contributed by atoms with Gasteiger partial charge in [-0.25, -0.2) is 4.39 Å². The first-order valence-corrected chi connectivity index (χ1v) is 6.49. The molecule has 2 aromatic carbocycles.